The lowest BCUT2D eigenvalue weighted by molar-refractivity contribution is -0.137. The number of aliphatic carboxylic acids is 3. The van der Waals surface area contributed by atoms with E-state index in [1.165, 1.54) is 18.2 Å². The molecule has 0 saturated carbocycles. The Labute approximate surface area is 196 Å². The first-order valence-electron chi connectivity index (χ1n) is 11.2. The van der Waals surface area contributed by atoms with Crippen LogP contribution in [0.3, 0.4) is 0 Å². The van der Waals surface area contributed by atoms with Crippen LogP contribution in [0.25, 0.3) is 0 Å². The van der Waals surface area contributed by atoms with Crippen molar-refractivity contribution in [2.24, 2.45) is 5.92 Å². The Balaban J connectivity index is 0. The van der Waals surface area contributed by atoms with Crippen LogP contribution in [0.5, 0.6) is 0 Å². The predicted octanol–water partition coefficient (Wildman–Crippen LogP) is 5.51. The van der Waals surface area contributed by atoms with E-state index in [1.807, 2.05) is 6.92 Å². The lowest BCUT2D eigenvalue weighted by Crippen LogP contribution is -2.08. The molecule has 3 N–H and O–H groups in total. The number of unbranched alkanes of at least 4 members (excludes halogenated alkanes) is 2. The van der Waals surface area contributed by atoms with Gasteiger partial charge in [0.2, 0.25) is 0 Å². The molecule has 186 valence electrons. The van der Waals surface area contributed by atoms with Gasteiger partial charge in [0.25, 0.3) is 0 Å². The highest BCUT2D eigenvalue weighted by Crippen LogP contribution is 2.22. The molecule has 0 rings (SSSR count). The monoisotopic (exact) mass is 466 g/mol. The number of ether oxygens (including phenoxy) is 1. The molecule has 0 spiro atoms. The Hall–Kier alpha value is -3.16. The van der Waals surface area contributed by atoms with Gasteiger partial charge in [-0.05, 0) is 25.2 Å². The summed E-state index contributed by atoms with van der Waals surface area (Å²) in [5.74, 6) is -3.19. The van der Waals surface area contributed by atoms with Crippen molar-refractivity contribution in [1.82, 2.24) is 0 Å². The van der Waals surface area contributed by atoms with E-state index >= 15 is 0 Å². The Morgan fingerprint density at radius 1 is 0.909 bits per heavy atom. The molecule has 1 unspecified atom stereocenters. The van der Waals surface area contributed by atoms with E-state index in [0.717, 1.165) is 50.9 Å². The number of allylic oxidation sites excluding steroid dienone is 2. The van der Waals surface area contributed by atoms with Gasteiger partial charge in [0.1, 0.15) is 0 Å². The second-order valence-electron chi connectivity index (χ2n) is 7.32. The first-order chi connectivity index (χ1) is 15.6. The molecule has 0 aliphatic carbocycles. The maximum atomic E-state index is 11.4. The molecule has 0 saturated heterocycles. The molecule has 1 atom stereocenters. The van der Waals surface area contributed by atoms with Crippen LogP contribution in [0.2, 0.25) is 0 Å². The van der Waals surface area contributed by atoms with Gasteiger partial charge in [-0.15, -0.1) is 0 Å². The van der Waals surface area contributed by atoms with Gasteiger partial charge in [-0.25, -0.2) is 14.4 Å². The van der Waals surface area contributed by atoms with Gasteiger partial charge >= 0.3 is 23.9 Å². The molecule has 0 bridgehead atoms. The van der Waals surface area contributed by atoms with Crippen LogP contribution >= 0.6 is 0 Å². The minimum absolute atomic E-state index is 0.0572. The van der Waals surface area contributed by atoms with Crippen LogP contribution in [-0.4, -0.2) is 39.2 Å². The van der Waals surface area contributed by atoms with Crippen molar-refractivity contribution in [3.63, 3.8) is 0 Å². The molecule has 0 fully saturated rings. The fraction of sp³-hybridized carbons (Fsp3) is 0.520. The van der Waals surface area contributed by atoms with Crippen LogP contribution in [0.4, 0.5) is 0 Å². The maximum Gasteiger partial charge on any atom is 0.331 e. The molecule has 0 amide bonds. The number of carboxylic acids is 3. The number of rotatable bonds is 16. The topological polar surface area (TPSA) is 138 Å². The Morgan fingerprint density at radius 2 is 1.48 bits per heavy atom. The van der Waals surface area contributed by atoms with Crippen molar-refractivity contribution in [2.45, 2.75) is 78.6 Å². The summed E-state index contributed by atoms with van der Waals surface area (Å²) in [7, 11) is 0. The number of carbonyl (C=O) groups is 4. The van der Waals surface area contributed by atoms with E-state index in [-0.39, 0.29) is 12.0 Å². The molecule has 0 aromatic heterocycles. The molecular weight excluding hydrogens is 428 g/mol. The van der Waals surface area contributed by atoms with Gasteiger partial charge in [-0.1, -0.05) is 77.7 Å². The highest BCUT2D eigenvalue weighted by atomic mass is 16.5. The van der Waals surface area contributed by atoms with E-state index in [4.69, 9.17) is 10.2 Å². The van der Waals surface area contributed by atoms with E-state index < -0.39 is 23.9 Å². The summed E-state index contributed by atoms with van der Waals surface area (Å²) < 4.78 is 4.30. The summed E-state index contributed by atoms with van der Waals surface area (Å²) >= 11 is 0. The molecule has 33 heavy (non-hydrogen) atoms. The van der Waals surface area contributed by atoms with Crippen LogP contribution in [0.1, 0.15) is 78.6 Å². The number of carbonyl (C=O) groups excluding carboxylic acids is 1. The summed E-state index contributed by atoms with van der Waals surface area (Å²) in [5.41, 5.74) is 0.584. The number of esters is 1. The zero-order chi connectivity index (χ0) is 25.6. The quantitative estimate of drug-likeness (QED) is 0.117. The third-order valence-corrected chi connectivity index (χ3v) is 4.65. The van der Waals surface area contributed by atoms with Gasteiger partial charge in [0.05, 0.1) is 12.7 Å². The third kappa shape index (κ3) is 19.3. The third-order valence-electron chi connectivity index (χ3n) is 4.65. The average Bonchev–Trinajstić information content (AvgIpc) is 2.75. The van der Waals surface area contributed by atoms with Gasteiger partial charge < -0.3 is 20.1 Å². The number of hydrogen-bond donors (Lipinski definition) is 3. The lowest BCUT2D eigenvalue weighted by atomic mass is 9.91. The number of carboxylic acid groups (broad SMARTS) is 3. The SMILES string of the molecule is C=COC(=O)CC=CC(=O)O.CCCCC(=CC=C(CC(CC)CCCC)C(=O)O)C(=O)O. The van der Waals surface area contributed by atoms with Crippen molar-refractivity contribution < 1.29 is 39.2 Å². The Morgan fingerprint density at radius 3 is 1.94 bits per heavy atom. The first-order valence-corrected chi connectivity index (χ1v) is 11.2. The highest BCUT2D eigenvalue weighted by molar-refractivity contribution is 5.89. The summed E-state index contributed by atoms with van der Waals surface area (Å²) in [6.45, 7) is 9.35. The Bertz CT molecular complexity index is 716. The van der Waals surface area contributed by atoms with Gasteiger partial charge in [-0.2, -0.15) is 0 Å². The number of hydrogen-bond acceptors (Lipinski definition) is 5. The molecule has 8 nitrogen and oxygen atoms in total. The first kappa shape index (κ1) is 32.0. The predicted molar refractivity (Wildman–Crippen MR) is 127 cm³/mol. The smallest absolute Gasteiger partial charge is 0.331 e. The minimum atomic E-state index is -1.09. The van der Waals surface area contributed by atoms with Gasteiger partial charge in [0, 0.05) is 17.2 Å². The molecule has 0 aliphatic heterocycles. The standard InChI is InChI=1S/C18H30O4.C7H8O4/c1-4-7-9-14(6-3)13-16(18(21)22)12-11-15(17(19)20)10-8-5-2;1-2-11-7(10)5-3-4-6(8)9/h11-12,14H,4-10,13H2,1-3H3,(H,19,20)(H,21,22);2-4H,1,5H2,(H,8,9). The molecule has 0 aromatic carbocycles. The molecule has 0 heterocycles. The van der Waals surface area contributed by atoms with Crippen molar-refractivity contribution in [2.75, 3.05) is 0 Å². The van der Waals surface area contributed by atoms with Crippen LogP contribution in [-0.2, 0) is 23.9 Å². The zero-order valence-electron chi connectivity index (χ0n) is 19.9. The van der Waals surface area contributed by atoms with Crippen LogP contribution < -0.4 is 0 Å². The molecule has 0 aliphatic rings. The van der Waals surface area contributed by atoms with E-state index in [0.29, 0.717) is 24.3 Å². The molecule has 8 heteroatoms. The highest BCUT2D eigenvalue weighted by Gasteiger charge is 2.14. The van der Waals surface area contributed by atoms with Crippen LogP contribution in [0, 0.1) is 5.92 Å². The average molecular weight is 467 g/mol. The Kier molecular flexibility index (Phi) is 20.1. The van der Waals surface area contributed by atoms with Crippen molar-refractivity contribution in [3.8, 4) is 0 Å². The van der Waals surface area contributed by atoms with Gasteiger partial charge in [0.15, 0.2) is 0 Å². The zero-order valence-corrected chi connectivity index (χ0v) is 19.9. The second kappa shape index (κ2) is 20.7. The molecular formula is C25H38O8. The maximum absolute atomic E-state index is 11.4. The van der Waals surface area contributed by atoms with Crippen molar-refractivity contribution in [1.29, 1.82) is 0 Å². The summed E-state index contributed by atoms with van der Waals surface area (Å²) in [4.78, 5) is 42.9. The fourth-order valence-corrected chi connectivity index (χ4v) is 2.71. The summed E-state index contributed by atoms with van der Waals surface area (Å²) in [6.07, 6.45) is 12.8. The van der Waals surface area contributed by atoms with Crippen molar-refractivity contribution in [3.05, 3.63) is 48.3 Å². The molecule has 0 aromatic rings. The normalized spacial score (nSPS) is 12.5. The van der Waals surface area contributed by atoms with E-state index in [1.54, 1.807) is 0 Å². The fourth-order valence-electron chi connectivity index (χ4n) is 2.71. The molecule has 0 radical (unpaired) electrons. The second-order valence-corrected chi connectivity index (χ2v) is 7.32. The van der Waals surface area contributed by atoms with Gasteiger partial charge in [-0.3, -0.25) is 4.79 Å². The van der Waals surface area contributed by atoms with Crippen molar-refractivity contribution >= 4 is 23.9 Å². The van der Waals surface area contributed by atoms with Crippen LogP contribution in [0.15, 0.2) is 48.3 Å². The summed E-state index contributed by atoms with van der Waals surface area (Å²) in [5, 5.41) is 26.6. The summed E-state index contributed by atoms with van der Waals surface area (Å²) in [6, 6.07) is 0. The van der Waals surface area contributed by atoms with E-state index in [2.05, 4.69) is 25.2 Å². The minimum Gasteiger partial charge on any atom is -0.478 e. The largest absolute Gasteiger partial charge is 0.478 e. The lowest BCUT2D eigenvalue weighted by Gasteiger charge is -2.14. The van der Waals surface area contributed by atoms with E-state index in [9.17, 15) is 24.3 Å².